The van der Waals surface area contributed by atoms with Crippen LogP contribution in [0, 0.1) is 15.9 Å². The molecule has 0 aliphatic heterocycles. The number of hydrogen-bond acceptors (Lipinski definition) is 5. The topological polar surface area (TPSA) is 103 Å². The van der Waals surface area contributed by atoms with Crippen LogP contribution in [0.15, 0.2) is 30.5 Å². The zero-order valence-electron chi connectivity index (χ0n) is 10.1. The van der Waals surface area contributed by atoms with Crippen LogP contribution >= 0.6 is 11.6 Å². The van der Waals surface area contributed by atoms with Gasteiger partial charge in [0.25, 0.3) is 0 Å². The van der Waals surface area contributed by atoms with Crippen molar-refractivity contribution in [2.45, 2.75) is 0 Å². The summed E-state index contributed by atoms with van der Waals surface area (Å²) in [4.78, 5) is 24.3. The van der Waals surface area contributed by atoms with E-state index in [0.29, 0.717) is 0 Å². The standard InChI is InChI=1S/C12H6ClFN2O5/c13-7-2-1-3-9(11(7)14)21-10-4-6(12(17)18)8(5-15-10)16(19)20/h1-5H,(H,17,18). The zero-order chi connectivity index (χ0) is 15.6. The first-order valence-corrected chi connectivity index (χ1v) is 5.77. The molecule has 2 aromatic rings. The number of benzene rings is 1. The molecule has 0 atom stereocenters. The minimum Gasteiger partial charge on any atom is -0.477 e. The molecule has 0 spiro atoms. The summed E-state index contributed by atoms with van der Waals surface area (Å²) in [6.07, 6.45) is 0.723. The van der Waals surface area contributed by atoms with Crippen LogP contribution in [0.2, 0.25) is 5.02 Å². The smallest absolute Gasteiger partial charge is 0.342 e. The molecule has 0 radical (unpaired) electrons. The van der Waals surface area contributed by atoms with E-state index < -0.39 is 28.0 Å². The number of nitrogens with zero attached hydrogens (tertiary/aromatic N) is 2. The zero-order valence-corrected chi connectivity index (χ0v) is 10.9. The minimum atomic E-state index is -1.53. The molecule has 0 fully saturated rings. The molecule has 0 aliphatic carbocycles. The molecular weight excluding hydrogens is 307 g/mol. The molecule has 0 saturated carbocycles. The fraction of sp³-hybridized carbons (Fsp3) is 0. The fourth-order valence-corrected chi connectivity index (χ4v) is 1.64. The van der Waals surface area contributed by atoms with Crippen LogP contribution in [0.1, 0.15) is 10.4 Å². The monoisotopic (exact) mass is 312 g/mol. The third-order valence-electron chi connectivity index (χ3n) is 2.42. The largest absolute Gasteiger partial charge is 0.477 e. The molecule has 1 aromatic carbocycles. The average Bonchev–Trinajstić information content (AvgIpc) is 2.43. The highest BCUT2D eigenvalue weighted by Crippen LogP contribution is 2.29. The molecule has 0 unspecified atom stereocenters. The van der Waals surface area contributed by atoms with Gasteiger partial charge in [0, 0.05) is 6.07 Å². The first-order chi connectivity index (χ1) is 9.90. The molecule has 1 heterocycles. The van der Waals surface area contributed by atoms with Gasteiger partial charge in [0.2, 0.25) is 5.88 Å². The molecule has 21 heavy (non-hydrogen) atoms. The van der Waals surface area contributed by atoms with E-state index in [1.54, 1.807) is 0 Å². The molecule has 108 valence electrons. The average molecular weight is 313 g/mol. The number of hydrogen-bond donors (Lipinski definition) is 1. The van der Waals surface area contributed by atoms with Gasteiger partial charge >= 0.3 is 11.7 Å². The van der Waals surface area contributed by atoms with Crippen LogP contribution in [-0.4, -0.2) is 21.0 Å². The summed E-state index contributed by atoms with van der Waals surface area (Å²) in [6, 6.07) is 4.81. The normalized spacial score (nSPS) is 10.2. The Morgan fingerprint density at radius 3 is 2.81 bits per heavy atom. The molecule has 0 bridgehead atoms. The molecule has 0 saturated heterocycles. The Morgan fingerprint density at radius 1 is 1.48 bits per heavy atom. The van der Waals surface area contributed by atoms with Crippen LogP contribution in [-0.2, 0) is 0 Å². The lowest BCUT2D eigenvalue weighted by atomic mass is 10.2. The van der Waals surface area contributed by atoms with Crippen molar-refractivity contribution < 1.29 is 24.0 Å². The molecule has 1 N–H and O–H groups in total. The van der Waals surface area contributed by atoms with Crippen molar-refractivity contribution >= 4 is 23.3 Å². The van der Waals surface area contributed by atoms with Crippen molar-refractivity contribution in [3.8, 4) is 11.6 Å². The van der Waals surface area contributed by atoms with E-state index in [9.17, 15) is 19.3 Å². The maximum atomic E-state index is 13.6. The van der Waals surface area contributed by atoms with Gasteiger partial charge in [0.05, 0.1) is 9.95 Å². The van der Waals surface area contributed by atoms with Gasteiger partial charge in [-0.05, 0) is 12.1 Å². The number of carbonyl (C=O) groups is 1. The van der Waals surface area contributed by atoms with Crippen molar-refractivity contribution in [2.24, 2.45) is 0 Å². The van der Waals surface area contributed by atoms with Gasteiger partial charge in [0.1, 0.15) is 11.8 Å². The predicted molar refractivity (Wildman–Crippen MR) is 69.3 cm³/mol. The molecular formula is C12H6ClFN2O5. The Kier molecular flexibility index (Phi) is 3.99. The van der Waals surface area contributed by atoms with Crippen LogP contribution in [0.3, 0.4) is 0 Å². The number of carboxylic acids is 1. The lowest BCUT2D eigenvalue weighted by molar-refractivity contribution is -0.385. The van der Waals surface area contributed by atoms with E-state index in [4.69, 9.17) is 21.4 Å². The number of aromatic nitrogens is 1. The second-order valence-electron chi connectivity index (χ2n) is 3.76. The summed E-state index contributed by atoms with van der Waals surface area (Å²) in [5, 5.41) is 19.4. The van der Waals surface area contributed by atoms with Crippen LogP contribution < -0.4 is 4.74 Å². The number of ether oxygens (including phenoxy) is 1. The molecule has 1 aromatic heterocycles. The summed E-state index contributed by atoms with van der Waals surface area (Å²) < 4.78 is 18.7. The Balaban J connectivity index is 2.42. The van der Waals surface area contributed by atoms with Crippen LogP contribution in [0.25, 0.3) is 0 Å². The lowest BCUT2D eigenvalue weighted by Crippen LogP contribution is -2.04. The number of nitro groups is 1. The van der Waals surface area contributed by atoms with E-state index in [1.807, 2.05) is 0 Å². The Hall–Kier alpha value is -2.74. The van der Waals surface area contributed by atoms with Crippen molar-refractivity contribution in [2.75, 3.05) is 0 Å². The quantitative estimate of drug-likeness (QED) is 0.686. The number of halogens is 2. The first-order valence-electron chi connectivity index (χ1n) is 5.39. The van der Waals surface area contributed by atoms with Crippen molar-refractivity contribution in [3.63, 3.8) is 0 Å². The fourth-order valence-electron chi connectivity index (χ4n) is 1.48. The Bertz CT molecular complexity index is 738. The molecule has 0 aliphatic rings. The number of carboxylic acid groups (broad SMARTS) is 1. The van der Waals surface area contributed by atoms with Gasteiger partial charge in [-0.2, -0.15) is 0 Å². The van der Waals surface area contributed by atoms with Crippen LogP contribution in [0.4, 0.5) is 10.1 Å². The highest BCUT2D eigenvalue weighted by molar-refractivity contribution is 6.30. The summed E-state index contributed by atoms with van der Waals surface area (Å²) in [7, 11) is 0. The van der Waals surface area contributed by atoms with Gasteiger partial charge in [0.15, 0.2) is 11.6 Å². The molecule has 0 amide bonds. The first kappa shape index (κ1) is 14.7. The highest BCUT2D eigenvalue weighted by Gasteiger charge is 2.22. The number of pyridine rings is 1. The van der Waals surface area contributed by atoms with Crippen molar-refractivity contribution in [1.29, 1.82) is 0 Å². The van der Waals surface area contributed by atoms with E-state index in [0.717, 1.165) is 12.3 Å². The van der Waals surface area contributed by atoms with Gasteiger partial charge in [-0.1, -0.05) is 17.7 Å². The van der Waals surface area contributed by atoms with Crippen LogP contribution in [0.5, 0.6) is 11.6 Å². The van der Waals surface area contributed by atoms with E-state index in [2.05, 4.69) is 4.98 Å². The number of aromatic carboxylic acids is 1. The SMILES string of the molecule is O=C(O)c1cc(Oc2cccc(Cl)c2F)ncc1[N+](=O)[O-]. The lowest BCUT2D eigenvalue weighted by Gasteiger charge is -2.07. The maximum Gasteiger partial charge on any atom is 0.342 e. The summed E-state index contributed by atoms with van der Waals surface area (Å²) in [5.74, 6) is -2.96. The molecule has 9 heteroatoms. The second kappa shape index (κ2) is 5.71. The minimum absolute atomic E-state index is 0.187. The third kappa shape index (κ3) is 3.06. The number of rotatable bonds is 4. The highest BCUT2D eigenvalue weighted by atomic mass is 35.5. The van der Waals surface area contributed by atoms with E-state index in [-0.39, 0.29) is 16.7 Å². The maximum absolute atomic E-state index is 13.6. The Morgan fingerprint density at radius 2 is 2.19 bits per heavy atom. The third-order valence-corrected chi connectivity index (χ3v) is 2.71. The van der Waals surface area contributed by atoms with E-state index in [1.165, 1.54) is 18.2 Å². The summed E-state index contributed by atoms with van der Waals surface area (Å²) >= 11 is 5.57. The second-order valence-corrected chi connectivity index (χ2v) is 4.16. The van der Waals surface area contributed by atoms with Gasteiger partial charge in [-0.3, -0.25) is 10.1 Å². The van der Waals surface area contributed by atoms with Crippen molar-refractivity contribution in [3.05, 3.63) is 57.0 Å². The molecule has 7 nitrogen and oxygen atoms in total. The summed E-state index contributed by atoms with van der Waals surface area (Å²) in [6.45, 7) is 0. The van der Waals surface area contributed by atoms with Crippen molar-refractivity contribution in [1.82, 2.24) is 4.98 Å². The van der Waals surface area contributed by atoms with Gasteiger partial charge in [-0.25, -0.2) is 14.2 Å². The summed E-state index contributed by atoms with van der Waals surface area (Å²) in [5.41, 5.74) is -1.31. The molecule has 2 rings (SSSR count). The Labute approximate surface area is 121 Å². The van der Waals surface area contributed by atoms with Gasteiger partial charge < -0.3 is 9.84 Å². The van der Waals surface area contributed by atoms with Gasteiger partial charge in [-0.15, -0.1) is 0 Å². The predicted octanol–water partition coefficient (Wildman–Crippen LogP) is 3.27. The van der Waals surface area contributed by atoms with E-state index >= 15 is 0 Å².